The van der Waals surface area contributed by atoms with Crippen LogP contribution in [0.5, 0.6) is 0 Å². The first-order chi connectivity index (χ1) is 12.5. The summed E-state index contributed by atoms with van der Waals surface area (Å²) in [5, 5.41) is 4.54. The minimum absolute atomic E-state index is 0.145. The zero-order valence-electron chi connectivity index (χ0n) is 13.6. The van der Waals surface area contributed by atoms with Gasteiger partial charge in [0.1, 0.15) is 10.8 Å². The minimum Gasteiger partial charge on any atom is -0.373 e. The number of fused-ring (bicyclic) bond motifs is 5. The number of hydrogen-bond donors (Lipinski definition) is 0. The van der Waals surface area contributed by atoms with Crippen LogP contribution in [0.25, 0.3) is 0 Å². The molecule has 3 saturated heterocycles. The van der Waals surface area contributed by atoms with Gasteiger partial charge < -0.3 is 4.74 Å². The summed E-state index contributed by atoms with van der Waals surface area (Å²) in [6.45, 7) is 0.287. The number of ether oxygens (including phenoxy) is 1. The van der Waals surface area contributed by atoms with Crippen LogP contribution >= 0.6 is 11.6 Å². The van der Waals surface area contributed by atoms with Crippen molar-refractivity contribution in [2.24, 2.45) is 11.8 Å². The van der Waals surface area contributed by atoms with Crippen LogP contribution in [0.1, 0.15) is 18.4 Å². The van der Waals surface area contributed by atoms with Crippen molar-refractivity contribution >= 4 is 29.2 Å². The zero-order valence-corrected chi connectivity index (χ0v) is 14.4. The minimum atomic E-state index is -0.425. The number of benzene rings is 1. The van der Waals surface area contributed by atoms with Gasteiger partial charge in [0.15, 0.2) is 5.82 Å². The van der Waals surface area contributed by atoms with Crippen LogP contribution in [0.4, 0.5) is 10.2 Å². The third kappa shape index (κ3) is 2.23. The van der Waals surface area contributed by atoms with Crippen molar-refractivity contribution in [1.29, 1.82) is 0 Å². The predicted molar refractivity (Wildman–Crippen MR) is 90.1 cm³/mol. The van der Waals surface area contributed by atoms with E-state index in [4.69, 9.17) is 16.3 Å². The normalized spacial score (nSPS) is 29.7. The van der Waals surface area contributed by atoms with E-state index >= 15 is 0 Å². The Kier molecular flexibility index (Phi) is 3.45. The van der Waals surface area contributed by atoms with E-state index in [1.165, 1.54) is 16.8 Å². The molecule has 0 spiro atoms. The van der Waals surface area contributed by atoms with Gasteiger partial charge in [-0.3, -0.25) is 14.3 Å². The van der Waals surface area contributed by atoms with E-state index in [9.17, 15) is 14.0 Å². The number of hydrogen-bond acceptors (Lipinski definition) is 4. The first-order valence-electron chi connectivity index (χ1n) is 8.53. The van der Waals surface area contributed by atoms with Gasteiger partial charge in [0, 0.05) is 6.20 Å². The number of carbonyl (C=O) groups is 2. The highest BCUT2D eigenvalue weighted by Gasteiger charge is 2.63. The molecule has 4 unspecified atom stereocenters. The Morgan fingerprint density at radius 3 is 2.54 bits per heavy atom. The van der Waals surface area contributed by atoms with Crippen molar-refractivity contribution in [2.45, 2.75) is 31.6 Å². The number of halogens is 2. The summed E-state index contributed by atoms with van der Waals surface area (Å²) in [6.07, 6.45) is 2.79. The van der Waals surface area contributed by atoms with E-state index < -0.39 is 11.8 Å². The molecule has 3 aliphatic rings. The molecule has 1 aromatic carbocycles. The summed E-state index contributed by atoms with van der Waals surface area (Å²) in [7, 11) is 0. The molecular formula is C18H15ClFN3O3. The van der Waals surface area contributed by atoms with E-state index in [0.717, 1.165) is 17.7 Å². The number of rotatable bonds is 3. The Bertz CT molecular complexity index is 902. The summed E-state index contributed by atoms with van der Waals surface area (Å²) in [5.41, 5.74) is 0.707. The average molecular weight is 376 g/mol. The molecule has 4 heterocycles. The third-order valence-electron chi connectivity index (χ3n) is 5.43. The highest BCUT2D eigenvalue weighted by molar-refractivity contribution is 6.35. The van der Waals surface area contributed by atoms with Crippen LogP contribution in [-0.4, -0.2) is 33.8 Å². The standard InChI is InChI=1S/C18H15ClFN3O3/c19-11-8-22(7-9-2-1-3-10(20)6-9)21-16(11)23-17(24)14-12-4-5-13(26-12)15(14)18(23)25/h1-3,6,8,12-15H,4-5,7H2. The predicted octanol–water partition coefficient (Wildman–Crippen LogP) is 2.39. The molecule has 5 rings (SSSR count). The second-order valence-corrected chi connectivity index (χ2v) is 7.39. The Morgan fingerprint density at radius 1 is 1.19 bits per heavy atom. The number of amides is 2. The van der Waals surface area contributed by atoms with Crippen molar-refractivity contribution in [3.8, 4) is 0 Å². The highest BCUT2D eigenvalue weighted by atomic mass is 35.5. The average Bonchev–Trinajstić information content (AvgIpc) is 3.33. The molecule has 0 N–H and O–H groups in total. The molecule has 1 aromatic heterocycles. The molecule has 3 aliphatic heterocycles. The molecule has 8 heteroatoms. The van der Waals surface area contributed by atoms with Crippen molar-refractivity contribution in [3.63, 3.8) is 0 Å². The van der Waals surface area contributed by atoms with Crippen LogP contribution in [0, 0.1) is 17.7 Å². The molecule has 0 saturated carbocycles. The van der Waals surface area contributed by atoms with Crippen LogP contribution in [0.15, 0.2) is 30.5 Å². The number of imide groups is 1. The van der Waals surface area contributed by atoms with Crippen molar-refractivity contribution in [1.82, 2.24) is 9.78 Å². The lowest BCUT2D eigenvalue weighted by molar-refractivity contribution is -0.124. The van der Waals surface area contributed by atoms with E-state index in [1.54, 1.807) is 18.3 Å². The van der Waals surface area contributed by atoms with Crippen molar-refractivity contribution in [3.05, 3.63) is 46.9 Å². The van der Waals surface area contributed by atoms with E-state index in [1.807, 2.05) is 0 Å². The molecule has 2 amide bonds. The molecule has 3 fully saturated rings. The molecule has 4 atom stereocenters. The summed E-state index contributed by atoms with van der Waals surface area (Å²) in [6, 6.07) is 6.15. The fourth-order valence-corrected chi connectivity index (χ4v) is 4.60. The molecular weight excluding hydrogens is 361 g/mol. The first-order valence-corrected chi connectivity index (χ1v) is 8.91. The summed E-state index contributed by atoms with van der Waals surface area (Å²) < 4.78 is 20.6. The molecule has 6 nitrogen and oxygen atoms in total. The van der Waals surface area contributed by atoms with Crippen LogP contribution < -0.4 is 4.90 Å². The summed E-state index contributed by atoms with van der Waals surface area (Å²) in [5.74, 6) is -1.62. The molecule has 26 heavy (non-hydrogen) atoms. The highest BCUT2D eigenvalue weighted by Crippen LogP contribution is 2.49. The maximum atomic E-state index is 13.3. The third-order valence-corrected chi connectivity index (χ3v) is 5.70. The number of anilines is 1. The van der Waals surface area contributed by atoms with Gasteiger partial charge in [-0.15, -0.1) is 0 Å². The molecule has 2 aromatic rings. The van der Waals surface area contributed by atoms with Gasteiger partial charge in [-0.2, -0.15) is 5.10 Å². The van der Waals surface area contributed by atoms with Crippen LogP contribution in [0.3, 0.4) is 0 Å². The second-order valence-electron chi connectivity index (χ2n) is 6.98. The lowest BCUT2D eigenvalue weighted by Crippen LogP contribution is -2.34. The summed E-state index contributed by atoms with van der Waals surface area (Å²) >= 11 is 6.26. The first kappa shape index (κ1) is 16.0. The van der Waals surface area contributed by atoms with Gasteiger partial charge >= 0.3 is 0 Å². The SMILES string of the molecule is O=C1C2C3CCC(O3)C2C(=O)N1c1nn(Cc2cccc(F)c2)cc1Cl. The number of carbonyl (C=O) groups excluding carboxylic acids is 2. The second kappa shape index (κ2) is 5.62. The van der Waals surface area contributed by atoms with Gasteiger partial charge in [-0.05, 0) is 30.5 Å². The molecule has 134 valence electrons. The Morgan fingerprint density at radius 2 is 1.88 bits per heavy atom. The zero-order chi connectivity index (χ0) is 18.0. The fraction of sp³-hybridized carbons (Fsp3) is 0.389. The van der Waals surface area contributed by atoms with Crippen molar-refractivity contribution < 1.29 is 18.7 Å². The number of aromatic nitrogens is 2. The Hall–Kier alpha value is -2.25. The number of nitrogens with zero attached hydrogens (tertiary/aromatic N) is 3. The molecule has 2 bridgehead atoms. The monoisotopic (exact) mass is 375 g/mol. The largest absolute Gasteiger partial charge is 0.373 e. The Balaban J connectivity index is 1.45. The van der Waals surface area contributed by atoms with Gasteiger partial charge in [0.25, 0.3) is 0 Å². The van der Waals surface area contributed by atoms with Crippen LogP contribution in [-0.2, 0) is 20.9 Å². The maximum Gasteiger partial charge on any atom is 0.241 e. The van der Waals surface area contributed by atoms with E-state index in [0.29, 0.717) is 5.56 Å². The lowest BCUT2D eigenvalue weighted by Gasteiger charge is -2.15. The quantitative estimate of drug-likeness (QED) is 0.773. The van der Waals surface area contributed by atoms with Gasteiger partial charge in [-0.25, -0.2) is 9.29 Å². The van der Waals surface area contributed by atoms with E-state index in [2.05, 4.69) is 5.10 Å². The maximum absolute atomic E-state index is 13.3. The van der Waals surface area contributed by atoms with Gasteiger partial charge in [-0.1, -0.05) is 23.7 Å². The fourth-order valence-electron chi connectivity index (χ4n) is 4.36. The van der Waals surface area contributed by atoms with E-state index in [-0.39, 0.29) is 47.2 Å². The molecule has 0 aliphatic carbocycles. The van der Waals surface area contributed by atoms with Gasteiger partial charge in [0.2, 0.25) is 11.8 Å². The Labute approximate surface area is 153 Å². The molecule has 0 radical (unpaired) electrons. The lowest BCUT2D eigenvalue weighted by atomic mass is 9.81. The van der Waals surface area contributed by atoms with Gasteiger partial charge in [0.05, 0.1) is 30.6 Å². The smallest absolute Gasteiger partial charge is 0.241 e. The summed E-state index contributed by atoms with van der Waals surface area (Å²) in [4.78, 5) is 26.7. The topological polar surface area (TPSA) is 64.4 Å². The van der Waals surface area contributed by atoms with Crippen LogP contribution in [0.2, 0.25) is 5.02 Å². The van der Waals surface area contributed by atoms with Crippen molar-refractivity contribution in [2.75, 3.05) is 4.90 Å².